The minimum absolute atomic E-state index is 0.0136. The molecule has 6 heteroatoms. The maximum absolute atomic E-state index is 12.5. The summed E-state index contributed by atoms with van der Waals surface area (Å²) >= 11 is 0. The Bertz CT molecular complexity index is 459. The first-order chi connectivity index (χ1) is 10.5. The summed E-state index contributed by atoms with van der Waals surface area (Å²) in [5.74, 6) is -0.801. The smallest absolute Gasteiger partial charge is 0.242 e. The third-order valence-corrected chi connectivity index (χ3v) is 5.00. The van der Waals surface area contributed by atoms with Gasteiger partial charge in [0.25, 0.3) is 0 Å². The number of hydrogen-bond acceptors (Lipinski definition) is 4. The number of fused-ring (bicyclic) bond motifs is 1. The van der Waals surface area contributed by atoms with Gasteiger partial charge in [0.05, 0.1) is 24.0 Å². The van der Waals surface area contributed by atoms with Crippen LogP contribution in [0.3, 0.4) is 0 Å². The molecule has 0 spiro atoms. The van der Waals surface area contributed by atoms with Gasteiger partial charge < -0.3 is 9.64 Å². The molecule has 3 rings (SSSR count). The van der Waals surface area contributed by atoms with Crippen LogP contribution < -0.4 is 0 Å². The number of carbonyl (C=O) groups is 3. The van der Waals surface area contributed by atoms with Crippen molar-refractivity contribution in [2.24, 2.45) is 11.8 Å². The zero-order chi connectivity index (χ0) is 15.9. The number of nitrogens with zero attached hydrogens (tertiary/aromatic N) is 2. The number of likely N-dealkylation sites (tertiary alicyclic amines) is 1. The Balaban J connectivity index is 1.66. The third-order valence-electron chi connectivity index (χ3n) is 5.00. The van der Waals surface area contributed by atoms with Crippen molar-refractivity contribution in [3.05, 3.63) is 0 Å². The zero-order valence-corrected chi connectivity index (χ0v) is 13.3. The molecule has 0 aromatic rings. The minimum Gasteiger partial charge on any atom is -0.372 e. The summed E-state index contributed by atoms with van der Waals surface area (Å²) in [5.41, 5.74) is 0. The van der Waals surface area contributed by atoms with Crippen molar-refractivity contribution in [1.29, 1.82) is 0 Å². The lowest BCUT2D eigenvalue weighted by Gasteiger charge is -2.35. The van der Waals surface area contributed by atoms with Gasteiger partial charge in [0, 0.05) is 13.1 Å². The van der Waals surface area contributed by atoms with Crippen LogP contribution in [-0.2, 0) is 19.1 Å². The molecule has 3 aliphatic rings. The second-order valence-electron chi connectivity index (χ2n) is 6.82. The largest absolute Gasteiger partial charge is 0.372 e. The molecule has 6 nitrogen and oxygen atoms in total. The lowest BCUT2D eigenvalue weighted by atomic mass is 9.81. The van der Waals surface area contributed by atoms with E-state index >= 15 is 0 Å². The predicted octanol–water partition coefficient (Wildman–Crippen LogP) is 0.797. The van der Waals surface area contributed by atoms with Crippen LogP contribution in [0.25, 0.3) is 0 Å². The maximum atomic E-state index is 12.5. The highest BCUT2D eigenvalue weighted by atomic mass is 16.5. The van der Waals surface area contributed by atoms with Gasteiger partial charge in [-0.2, -0.15) is 0 Å². The number of rotatable bonds is 2. The van der Waals surface area contributed by atoms with E-state index in [4.69, 9.17) is 4.74 Å². The normalized spacial score (nSPS) is 35.7. The molecule has 0 bridgehead atoms. The van der Waals surface area contributed by atoms with Crippen molar-refractivity contribution >= 4 is 17.7 Å². The topological polar surface area (TPSA) is 66.9 Å². The molecule has 0 N–H and O–H groups in total. The predicted molar refractivity (Wildman–Crippen MR) is 78.8 cm³/mol. The van der Waals surface area contributed by atoms with E-state index < -0.39 is 0 Å². The standard InChI is InChI=1S/C16H24N2O4/c1-10-7-17(8-11(2)22-10)14(19)9-18-15(20)12-5-3-4-6-13(12)16(18)21/h10-13H,3-9H2,1-2H3. The highest BCUT2D eigenvalue weighted by Crippen LogP contribution is 2.37. The summed E-state index contributed by atoms with van der Waals surface area (Å²) in [6.07, 6.45) is 3.54. The Morgan fingerprint density at radius 2 is 1.55 bits per heavy atom. The van der Waals surface area contributed by atoms with Gasteiger partial charge >= 0.3 is 0 Å². The third kappa shape index (κ3) is 2.76. The number of amides is 3. The van der Waals surface area contributed by atoms with Crippen LogP contribution in [0.1, 0.15) is 39.5 Å². The van der Waals surface area contributed by atoms with Crippen LogP contribution >= 0.6 is 0 Å². The van der Waals surface area contributed by atoms with Crippen LogP contribution in [0, 0.1) is 11.8 Å². The molecule has 22 heavy (non-hydrogen) atoms. The van der Waals surface area contributed by atoms with E-state index in [9.17, 15) is 14.4 Å². The summed E-state index contributed by atoms with van der Waals surface area (Å²) < 4.78 is 5.61. The Morgan fingerprint density at radius 3 is 2.05 bits per heavy atom. The quantitative estimate of drug-likeness (QED) is 0.708. The summed E-state index contributed by atoms with van der Waals surface area (Å²) in [7, 11) is 0. The van der Waals surface area contributed by atoms with Crippen molar-refractivity contribution in [3.8, 4) is 0 Å². The van der Waals surface area contributed by atoms with E-state index in [1.54, 1.807) is 4.90 Å². The van der Waals surface area contributed by atoms with Crippen molar-refractivity contribution in [2.75, 3.05) is 19.6 Å². The summed E-state index contributed by atoms with van der Waals surface area (Å²) in [6.45, 7) is 4.79. The zero-order valence-electron chi connectivity index (χ0n) is 13.3. The fraction of sp³-hybridized carbons (Fsp3) is 0.812. The van der Waals surface area contributed by atoms with Crippen LogP contribution in [0.5, 0.6) is 0 Å². The highest BCUT2D eigenvalue weighted by molar-refractivity contribution is 6.07. The molecule has 4 unspecified atom stereocenters. The summed E-state index contributed by atoms with van der Waals surface area (Å²) in [5, 5.41) is 0. The van der Waals surface area contributed by atoms with Crippen molar-refractivity contribution in [3.63, 3.8) is 0 Å². The number of morpholine rings is 1. The van der Waals surface area contributed by atoms with Gasteiger partial charge in [-0.05, 0) is 26.7 Å². The number of ether oxygens (including phenoxy) is 1. The summed E-state index contributed by atoms with van der Waals surface area (Å²) in [6, 6.07) is 0. The van der Waals surface area contributed by atoms with Gasteiger partial charge in [-0.15, -0.1) is 0 Å². The highest BCUT2D eigenvalue weighted by Gasteiger charge is 2.48. The summed E-state index contributed by atoms with van der Waals surface area (Å²) in [4.78, 5) is 40.2. The lowest BCUT2D eigenvalue weighted by molar-refractivity contribution is -0.151. The van der Waals surface area contributed by atoms with Crippen molar-refractivity contribution in [2.45, 2.75) is 51.7 Å². The number of carbonyl (C=O) groups excluding carboxylic acids is 3. The fourth-order valence-corrected chi connectivity index (χ4v) is 4.00. The van der Waals surface area contributed by atoms with Crippen LogP contribution in [0.4, 0.5) is 0 Å². The van der Waals surface area contributed by atoms with Crippen molar-refractivity contribution < 1.29 is 19.1 Å². The Morgan fingerprint density at radius 1 is 1.05 bits per heavy atom. The lowest BCUT2D eigenvalue weighted by Crippen LogP contribution is -2.51. The first-order valence-corrected chi connectivity index (χ1v) is 8.26. The fourth-order valence-electron chi connectivity index (χ4n) is 4.00. The molecule has 4 atom stereocenters. The number of imide groups is 1. The number of hydrogen-bond donors (Lipinski definition) is 0. The Labute approximate surface area is 130 Å². The maximum Gasteiger partial charge on any atom is 0.242 e. The van der Waals surface area contributed by atoms with Gasteiger partial charge in [0.1, 0.15) is 6.54 Å². The molecule has 0 aromatic heterocycles. The molecule has 2 aliphatic heterocycles. The van der Waals surface area contributed by atoms with Gasteiger partial charge in [0.2, 0.25) is 17.7 Å². The first kappa shape index (κ1) is 15.5. The molecular weight excluding hydrogens is 284 g/mol. The van der Waals surface area contributed by atoms with Gasteiger partial charge in [0.15, 0.2) is 0 Å². The second kappa shape index (κ2) is 5.99. The van der Waals surface area contributed by atoms with Crippen LogP contribution in [0.15, 0.2) is 0 Å². The second-order valence-corrected chi connectivity index (χ2v) is 6.82. The van der Waals surface area contributed by atoms with E-state index in [-0.39, 0.29) is 48.3 Å². The first-order valence-electron chi connectivity index (χ1n) is 8.26. The molecule has 3 amide bonds. The SMILES string of the molecule is CC1CN(C(=O)CN2C(=O)C3CCCCC3C2=O)CC(C)O1. The van der Waals surface area contributed by atoms with E-state index in [2.05, 4.69) is 0 Å². The van der Waals surface area contributed by atoms with Gasteiger partial charge in [-0.25, -0.2) is 0 Å². The van der Waals surface area contributed by atoms with Gasteiger partial charge in [-0.1, -0.05) is 12.8 Å². The average Bonchev–Trinajstić information content (AvgIpc) is 2.72. The van der Waals surface area contributed by atoms with Crippen molar-refractivity contribution in [1.82, 2.24) is 9.80 Å². The molecule has 1 aliphatic carbocycles. The van der Waals surface area contributed by atoms with E-state index in [0.717, 1.165) is 25.7 Å². The van der Waals surface area contributed by atoms with Gasteiger partial charge in [-0.3, -0.25) is 19.3 Å². The van der Waals surface area contributed by atoms with E-state index in [1.807, 2.05) is 13.8 Å². The molecular formula is C16H24N2O4. The van der Waals surface area contributed by atoms with E-state index in [1.165, 1.54) is 4.90 Å². The Kier molecular flexibility index (Phi) is 4.21. The average molecular weight is 308 g/mol. The molecule has 0 aromatic carbocycles. The molecule has 2 saturated heterocycles. The van der Waals surface area contributed by atoms with Crippen LogP contribution in [0.2, 0.25) is 0 Å². The molecule has 3 fully saturated rings. The molecule has 122 valence electrons. The van der Waals surface area contributed by atoms with E-state index in [0.29, 0.717) is 13.1 Å². The monoisotopic (exact) mass is 308 g/mol. The molecule has 0 radical (unpaired) electrons. The Hall–Kier alpha value is -1.43. The molecule has 1 saturated carbocycles. The molecule has 2 heterocycles. The minimum atomic E-state index is -0.184. The van der Waals surface area contributed by atoms with Crippen LogP contribution in [-0.4, -0.2) is 59.4 Å².